The summed E-state index contributed by atoms with van der Waals surface area (Å²) in [6.07, 6.45) is 2.14. The lowest BCUT2D eigenvalue weighted by Gasteiger charge is -2.39. The predicted octanol–water partition coefficient (Wildman–Crippen LogP) is 7.71. The van der Waals surface area contributed by atoms with Crippen LogP contribution in [0.5, 0.6) is 0 Å². The number of aryl methyl sites for hydroxylation is 1. The summed E-state index contributed by atoms with van der Waals surface area (Å²) in [7, 11) is -1.83. The Kier molecular flexibility index (Phi) is 9.08. The second-order valence-corrected chi connectivity index (χ2v) is 15.4. The summed E-state index contributed by atoms with van der Waals surface area (Å²) in [5.74, 6) is 0. The number of rotatable bonds is 11. The van der Waals surface area contributed by atoms with Crippen LogP contribution in [0.2, 0.25) is 18.1 Å². The van der Waals surface area contributed by atoms with Crippen LogP contribution in [0.4, 0.5) is 0 Å². The molecule has 33 heavy (non-hydrogen) atoms. The lowest BCUT2D eigenvalue weighted by Crippen LogP contribution is -2.46. The van der Waals surface area contributed by atoms with Crippen LogP contribution in [0.3, 0.4) is 0 Å². The highest BCUT2D eigenvalue weighted by atomic mass is 28.4. The largest absolute Gasteiger partial charge is 0.415 e. The topological polar surface area (TPSA) is 12.5 Å². The van der Waals surface area contributed by atoms with Crippen LogP contribution >= 0.6 is 0 Å². The van der Waals surface area contributed by atoms with Gasteiger partial charge in [-0.05, 0) is 47.7 Å². The van der Waals surface area contributed by atoms with Gasteiger partial charge in [-0.15, -0.1) is 0 Å². The molecule has 0 amide bonds. The first kappa shape index (κ1) is 25.4. The van der Waals surface area contributed by atoms with E-state index in [1.165, 1.54) is 16.7 Å². The Labute approximate surface area is 202 Å². The highest BCUT2D eigenvalue weighted by Gasteiger charge is 2.38. The van der Waals surface area contributed by atoms with Crippen molar-refractivity contribution in [3.63, 3.8) is 0 Å². The molecule has 176 valence electrons. The Morgan fingerprint density at radius 3 is 1.55 bits per heavy atom. The zero-order valence-corrected chi connectivity index (χ0v) is 22.1. The highest BCUT2D eigenvalue weighted by molar-refractivity contribution is 6.74. The number of nitrogens with zero attached hydrogens (tertiary/aromatic N) is 1. The van der Waals surface area contributed by atoms with Gasteiger partial charge in [0.1, 0.15) is 0 Å². The Bertz CT molecular complexity index is 894. The van der Waals surface area contributed by atoms with E-state index in [4.69, 9.17) is 4.43 Å². The van der Waals surface area contributed by atoms with Crippen molar-refractivity contribution < 1.29 is 4.43 Å². The summed E-state index contributed by atoms with van der Waals surface area (Å²) in [5, 5.41) is 0.209. The minimum atomic E-state index is -1.83. The van der Waals surface area contributed by atoms with Gasteiger partial charge in [0.25, 0.3) is 0 Å². The SMILES string of the molecule is CC(C)(C)[Si](C)(C)OC[C@H](CCc1ccccc1)N(Cc1ccccc1)Cc1ccccc1. The first-order valence-corrected chi connectivity index (χ1v) is 15.2. The van der Waals surface area contributed by atoms with Gasteiger partial charge in [-0.2, -0.15) is 0 Å². The van der Waals surface area contributed by atoms with E-state index in [2.05, 4.69) is 130 Å². The van der Waals surface area contributed by atoms with Crippen molar-refractivity contribution in [3.8, 4) is 0 Å². The zero-order chi connectivity index (χ0) is 23.7. The van der Waals surface area contributed by atoms with Gasteiger partial charge in [-0.3, -0.25) is 4.90 Å². The molecule has 3 aromatic rings. The van der Waals surface area contributed by atoms with Crippen molar-refractivity contribution in [2.45, 2.75) is 70.9 Å². The van der Waals surface area contributed by atoms with Crippen LogP contribution in [0.1, 0.15) is 43.9 Å². The average molecular weight is 460 g/mol. The van der Waals surface area contributed by atoms with E-state index >= 15 is 0 Å². The van der Waals surface area contributed by atoms with E-state index in [1.54, 1.807) is 0 Å². The maximum Gasteiger partial charge on any atom is 0.192 e. The molecular formula is C30H41NOSi. The third kappa shape index (κ3) is 7.96. The second kappa shape index (κ2) is 11.8. The highest BCUT2D eigenvalue weighted by Crippen LogP contribution is 2.37. The fraction of sp³-hybridized carbons (Fsp3) is 0.400. The standard InChI is InChI=1S/C30H41NOSi/c1-30(2,3)33(4,5)32-25-29(22-21-26-15-9-6-10-16-26)31(23-27-17-11-7-12-18-27)24-28-19-13-8-14-20-28/h6-20,29H,21-25H2,1-5H3/t29-/m0/s1. The average Bonchev–Trinajstić information content (AvgIpc) is 2.80. The van der Waals surface area contributed by atoms with Gasteiger partial charge in [-0.25, -0.2) is 0 Å². The second-order valence-electron chi connectivity index (χ2n) is 10.6. The Morgan fingerprint density at radius 1 is 0.697 bits per heavy atom. The molecule has 0 saturated heterocycles. The lowest BCUT2D eigenvalue weighted by atomic mass is 10.0. The third-order valence-corrected chi connectivity index (χ3v) is 11.5. The van der Waals surface area contributed by atoms with Crippen molar-refractivity contribution in [2.75, 3.05) is 6.61 Å². The van der Waals surface area contributed by atoms with Crippen LogP contribution < -0.4 is 0 Å². The molecule has 0 heterocycles. The molecule has 0 spiro atoms. The van der Waals surface area contributed by atoms with Crippen LogP contribution in [0, 0.1) is 0 Å². The summed E-state index contributed by atoms with van der Waals surface area (Å²) in [6, 6.07) is 32.9. The lowest BCUT2D eigenvalue weighted by molar-refractivity contribution is 0.107. The molecule has 0 aliphatic carbocycles. The molecule has 0 aliphatic rings. The molecule has 0 aliphatic heterocycles. The van der Waals surface area contributed by atoms with Gasteiger partial charge in [0.2, 0.25) is 0 Å². The fourth-order valence-corrected chi connectivity index (χ4v) is 4.86. The molecule has 0 N–H and O–H groups in total. The number of hydrogen-bond donors (Lipinski definition) is 0. The number of hydrogen-bond acceptors (Lipinski definition) is 2. The van der Waals surface area contributed by atoms with Gasteiger partial charge in [0, 0.05) is 25.7 Å². The summed E-state index contributed by atoms with van der Waals surface area (Å²) in [4.78, 5) is 2.63. The molecule has 0 saturated carbocycles. The van der Waals surface area contributed by atoms with Crippen LogP contribution in [-0.4, -0.2) is 25.9 Å². The van der Waals surface area contributed by atoms with E-state index in [0.29, 0.717) is 6.04 Å². The van der Waals surface area contributed by atoms with Crippen LogP contribution in [0.15, 0.2) is 91.0 Å². The van der Waals surface area contributed by atoms with Crippen LogP contribution in [0.25, 0.3) is 0 Å². The van der Waals surface area contributed by atoms with E-state index < -0.39 is 8.32 Å². The Balaban J connectivity index is 1.84. The van der Waals surface area contributed by atoms with Crippen molar-refractivity contribution in [1.82, 2.24) is 4.90 Å². The summed E-state index contributed by atoms with van der Waals surface area (Å²) in [5.41, 5.74) is 4.10. The van der Waals surface area contributed by atoms with Gasteiger partial charge in [0.05, 0.1) is 0 Å². The first-order chi connectivity index (χ1) is 15.7. The normalized spacial score (nSPS) is 13.3. The molecule has 3 aromatic carbocycles. The minimum absolute atomic E-state index is 0.209. The van der Waals surface area contributed by atoms with Gasteiger partial charge in [-0.1, -0.05) is 112 Å². The van der Waals surface area contributed by atoms with Crippen LogP contribution in [-0.2, 0) is 23.9 Å². The Morgan fingerprint density at radius 2 is 1.12 bits per heavy atom. The monoisotopic (exact) mass is 459 g/mol. The maximum absolute atomic E-state index is 6.80. The Hall–Kier alpha value is -2.20. The molecule has 2 nitrogen and oxygen atoms in total. The first-order valence-electron chi connectivity index (χ1n) is 12.2. The van der Waals surface area contributed by atoms with Crippen molar-refractivity contribution in [2.24, 2.45) is 0 Å². The molecule has 0 aromatic heterocycles. The molecule has 0 fully saturated rings. The van der Waals surface area contributed by atoms with Crippen molar-refractivity contribution in [1.29, 1.82) is 0 Å². The zero-order valence-electron chi connectivity index (χ0n) is 21.1. The number of benzene rings is 3. The molecule has 3 heteroatoms. The summed E-state index contributed by atoms with van der Waals surface area (Å²) < 4.78 is 6.80. The minimum Gasteiger partial charge on any atom is -0.415 e. The van der Waals surface area contributed by atoms with Gasteiger partial charge in [0.15, 0.2) is 8.32 Å². The summed E-state index contributed by atoms with van der Waals surface area (Å²) in [6.45, 7) is 14.3. The fourth-order valence-electron chi connectivity index (χ4n) is 3.82. The van der Waals surface area contributed by atoms with Crippen molar-refractivity contribution >= 4 is 8.32 Å². The smallest absolute Gasteiger partial charge is 0.192 e. The third-order valence-electron chi connectivity index (χ3n) is 7.03. The van der Waals surface area contributed by atoms with E-state index in [0.717, 1.165) is 32.5 Å². The molecule has 0 unspecified atom stereocenters. The molecular weight excluding hydrogens is 418 g/mol. The molecule has 0 bridgehead atoms. The molecule has 0 radical (unpaired) electrons. The van der Waals surface area contributed by atoms with E-state index in [-0.39, 0.29) is 5.04 Å². The molecule has 1 atom stereocenters. The van der Waals surface area contributed by atoms with E-state index in [1.807, 2.05) is 0 Å². The maximum atomic E-state index is 6.80. The predicted molar refractivity (Wildman–Crippen MR) is 144 cm³/mol. The van der Waals surface area contributed by atoms with Gasteiger partial charge >= 0.3 is 0 Å². The van der Waals surface area contributed by atoms with Gasteiger partial charge < -0.3 is 4.43 Å². The van der Waals surface area contributed by atoms with E-state index in [9.17, 15) is 0 Å². The molecule has 3 rings (SSSR count). The summed E-state index contributed by atoms with van der Waals surface area (Å²) >= 11 is 0. The quantitative estimate of drug-likeness (QED) is 0.272. The van der Waals surface area contributed by atoms with Crippen molar-refractivity contribution in [3.05, 3.63) is 108 Å².